The van der Waals surface area contributed by atoms with Gasteiger partial charge in [0.25, 0.3) is 0 Å². The average Bonchev–Trinajstić information content (AvgIpc) is 3.57. The van der Waals surface area contributed by atoms with Crippen LogP contribution < -0.4 is 10.1 Å². The van der Waals surface area contributed by atoms with Gasteiger partial charge in [-0.3, -0.25) is 9.38 Å². The first kappa shape index (κ1) is 19.7. The van der Waals surface area contributed by atoms with Crippen LogP contribution in [-0.4, -0.2) is 49.2 Å². The lowest BCUT2D eigenvalue weighted by molar-refractivity contribution is 0.279. The predicted molar refractivity (Wildman–Crippen MR) is 124 cm³/mol. The Hall–Kier alpha value is -4.01. The minimum atomic E-state index is -0.219. The fraction of sp³-hybridized carbons (Fsp3) is 0.292. The molecule has 0 saturated heterocycles. The summed E-state index contributed by atoms with van der Waals surface area (Å²) in [5, 5.41) is 11.9. The van der Waals surface area contributed by atoms with E-state index in [0.717, 1.165) is 29.9 Å². The van der Waals surface area contributed by atoms with Crippen molar-refractivity contribution >= 4 is 17.5 Å². The number of pyridine rings is 1. The molecular weight excluding hydrogens is 418 g/mol. The molecule has 4 aromatic rings. The van der Waals surface area contributed by atoms with E-state index in [2.05, 4.69) is 36.5 Å². The van der Waals surface area contributed by atoms with Crippen LogP contribution in [0.1, 0.15) is 30.7 Å². The molecule has 0 spiro atoms. The average molecular weight is 441 g/mol. The normalized spacial score (nSPS) is 16.2. The quantitative estimate of drug-likeness (QED) is 0.507. The molecule has 0 bridgehead atoms. The van der Waals surface area contributed by atoms with Crippen molar-refractivity contribution in [1.29, 1.82) is 0 Å². The molecule has 0 atom stereocenters. The lowest BCUT2D eigenvalue weighted by Crippen LogP contribution is -2.17. The number of aromatic nitrogens is 5. The summed E-state index contributed by atoms with van der Waals surface area (Å²) < 4.78 is 13.2. The third-order valence-corrected chi connectivity index (χ3v) is 5.87. The number of hydrogen-bond acceptors (Lipinski definition) is 8. The summed E-state index contributed by atoms with van der Waals surface area (Å²) in [6.07, 6.45) is 6.18. The van der Waals surface area contributed by atoms with Gasteiger partial charge in [-0.15, -0.1) is 10.2 Å². The molecule has 33 heavy (non-hydrogen) atoms. The lowest BCUT2D eigenvalue weighted by atomic mass is 10.1. The van der Waals surface area contributed by atoms with Gasteiger partial charge in [-0.2, -0.15) is 0 Å². The summed E-state index contributed by atoms with van der Waals surface area (Å²) >= 11 is 0. The SMILES string of the molecule is CC1(C)COC(c2ccc(-c3cnc(NCc4cccc5c4CCO5)n4cnnc34)cn2)=N1. The second-order valence-electron chi connectivity index (χ2n) is 8.82. The molecule has 5 heterocycles. The summed E-state index contributed by atoms with van der Waals surface area (Å²) in [4.78, 5) is 13.8. The van der Waals surface area contributed by atoms with Gasteiger partial charge in [0.15, 0.2) is 5.65 Å². The number of benzene rings is 1. The zero-order valence-electron chi connectivity index (χ0n) is 18.4. The maximum absolute atomic E-state index is 5.70. The molecular formula is C24H23N7O2. The number of hydrogen-bond donors (Lipinski definition) is 1. The van der Waals surface area contributed by atoms with E-state index in [1.165, 1.54) is 11.1 Å². The van der Waals surface area contributed by atoms with Crippen LogP contribution in [0.5, 0.6) is 5.75 Å². The van der Waals surface area contributed by atoms with E-state index in [-0.39, 0.29) is 5.54 Å². The number of fused-ring (bicyclic) bond motifs is 2. The van der Waals surface area contributed by atoms with Gasteiger partial charge in [-0.1, -0.05) is 18.2 Å². The third-order valence-electron chi connectivity index (χ3n) is 5.87. The van der Waals surface area contributed by atoms with Gasteiger partial charge in [0.1, 0.15) is 24.4 Å². The second-order valence-corrected chi connectivity index (χ2v) is 8.82. The van der Waals surface area contributed by atoms with E-state index in [1.807, 2.05) is 42.5 Å². The van der Waals surface area contributed by atoms with E-state index >= 15 is 0 Å². The van der Waals surface area contributed by atoms with Gasteiger partial charge in [-0.05, 0) is 31.5 Å². The number of nitrogens with zero attached hydrogens (tertiary/aromatic N) is 6. The van der Waals surface area contributed by atoms with Gasteiger partial charge in [-0.25, -0.2) is 9.98 Å². The Balaban J connectivity index is 1.27. The molecule has 0 aliphatic carbocycles. The highest BCUT2D eigenvalue weighted by Gasteiger charge is 2.27. The van der Waals surface area contributed by atoms with Crippen molar-refractivity contribution in [3.63, 3.8) is 0 Å². The minimum Gasteiger partial charge on any atom is -0.493 e. The molecule has 166 valence electrons. The largest absolute Gasteiger partial charge is 0.493 e. The van der Waals surface area contributed by atoms with E-state index in [1.54, 1.807) is 18.7 Å². The summed E-state index contributed by atoms with van der Waals surface area (Å²) in [6, 6.07) is 10.0. The molecule has 9 nitrogen and oxygen atoms in total. The molecule has 0 fully saturated rings. The lowest BCUT2D eigenvalue weighted by Gasteiger charge is -2.12. The van der Waals surface area contributed by atoms with Gasteiger partial charge in [0.2, 0.25) is 11.8 Å². The Morgan fingerprint density at radius 1 is 1.09 bits per heavy atom. The van der Waals surface area contributed by atoms with Crippen molar-refractivity contribution < 1.29 is 9.47 Å². The highest BCUT2D eigenvalue weighted by Crippen LogP contribution is 2.29. The number of aliphatic imine (C=N–C) groups is 1. The zero-order valence-corrected chi connectivity index (χ0v) is 18.4. The molecule has 1 N–H and O–H groups in total. The summed E-state index contributed by atoms with van der Waals surface area (Å²) in [5.74, 6) is 2.23. The zero-order chi connectivity index (χ0) is 22.4. The first-order chi connectivity index (χ1) is 16.1. The fourth-order valence-corrected chi connectivity index (χ4v) is 4.18. The third kappa shape index (κ3) is 3.55. The highest BCUT2D eigenvalue weighted by atomic mass is 16.5. The Morgan fingerprint density at radius 2 is 2.03 bits per heavy atom. The maximum Gasteiger partial charge on any atom is 0.236 e. The molecule has 3 aromatic heterocycles. The molecule has 1 aromatic carbocycles. The Morgan fingerprint density at radius 3 is 2.85 bits per heavy atom. The molecule has 2 aliphatic rings. The molecule has 0 amide bonds. The van der Waals surface area contributed by atoms with Crippen LogP contribution in [0, 0.1) is 0 Å². The van der Waals surface area contributed by atoms with E-state index < -0.39 is 0 Å². The van der Waals surface area contributed by atoms with Crippen LogP contribution in [0.25, 0.3) is 16.8 Å². The first-order valence-corrected chi connectivity index (χ1v) is 10.9. The summed E-state index contributed by atoms with van der Waals surface area (Å²) in [7, 11) is 0. The van der Waals surface area contributed by atoms with Crippen LogP contribution in [0.3, 0.4) is 0 Å². The van der Waals surface area contributed by atoms with Crippen molar-refractivity contribution in [2.75, 3.05) is 18.5 Å². The van der Waals surface area contributed by atoms with Crippen molar-refractivity contribution in [3.8, 4) is 16.9 Å². The smallest absolute Gasteiger partial charge is 0.236 e. The van der Waals surface area contributed by atoms with Crippen LogP contribution in [0.2, 0.25) is 0 Å². The fourth-order valence-electron chi connectivity index (χ4n) is 4.18. The Bertz CT molecular complexity index is 1380. The standard InChI is InChI=1S/C24H23N7O2/c1-24(2)13-33-22(29-24)19-7-6-16(10-25-19)18-12-27-23(31-14-28-30-21(18)31)26-11-15-4-3-5-20-17(15)8-9-32-20/h3-7,10,12,14H,8-9,11,13H2,1-2H3,(H,26,27). The van der Waals surface area contributed by atoms with Crippen LogP contribution in [-0.2, 0) is 17.7 Å². The van der Waals surface area contributed by atoms with Crippen molar-refractivity contribution in [3.05, 3.63) is 65.9 Å². The Kier molecular flexibility index (Phi) is 4.49. The monoisotopic (exact) mass is 441 g/mol. The van der Waals surface area contributed by atoms with Crippen molar-refractivity contribution in [2.24, 2.45) is 4.99 Å². The maximum atomic E-state index is 5.70. The van der Waals surface area contributed by atoms with Crippen molar-refractivity contribution in [1.82, 2.24) is 24.6 Å². The van der Waals surface area contributed by atoms with Crippen molar-refractivity contribution in [2.45, 2.75) is 32.4 Å². The number of rotatable bonds is 5. The highest BCUT2D eigenvalue weighted by molar-refractivity contribution is 5.94. The minimum absolute atomic E-state index is 0.219. The predicted octanol–water partition coefficient (Wildman–Crippen LogP) is 3.29. The van der Waals surface area contributed by atoms with Gasteiger partial charge in [0, 0.05) is 42.0 Å². The summed E-state index contributed by atoms with van der Waals surface area (Å²) in [5.41, 5.74) is 5.41. The van der Waals surface area contributed by atoms with Gasteiger partial charge in [0.05, 0.1) is 12.1 Å². The number of ether oxygens (including phenoxy) is 2. The molecule has 9 heteroatoms. The molecule has 2 aliphatic heterocycles. The summed E-state index contributed by atoms with van der Waals surface area (Å²) in [6.45, 7) is 6.01. The molecule has 0 unspecified atom stereocenters. The number of anilines is 1. The number of nitrogens with one attached hydrogen (secondary N) is 1. The van der Waals surface area contributed by atoms with Gasteiger partial charge >= 0.3 is 0 Å². The van der Waals surface area contributed by atoms with Gasteiger partial charge < -0.3 is 14.8 Å². The Labute approximate surface area is 190 Å². The molecule has 6 rings (SSSR count). The van der Waals surface area contributed by atoms with E-state index in [4.69, 9.17) is 9.47 Å². The first-order valence-electron chi connectivity index (χ1n) is 10.9. The molecule has 0 radical (unpaired) electrons. The van der Waals surface area contributed by atoms with Crippen LogP contribution >= 0.6 is 0 Å². The molecule has 0 saturated carbocycles. The second kappa shape index (κ2) is 7.54. The topological polar surface area (TPSA) is 98.8 Å². The van der Waals surface area contributed by atoms with E-state index in [0.29, 0.717) is 36.3 Å². The van der Waals surface area contributed by atoms with E-state index in [9.17, 15) is 0 Å². The van der Waals surface area contributed by atoms with Crippen LogP contribution in [0.15, 0.2) is 54.0 Å². The van der Waals surface area contributed by atoms with Crippen LogP contribution in [0.4, 0.5) is 5.95 Å².